The second-order valence-electron chi connectivity index (χ2n) is 4.62. The number of urea groups is 1. The number of carbonyl (C=O) groups is 2. The van der Waals surface area contributed by atoms with Gasteiger partial charge in [-0.05, 0) is 19.8 Å². The van der Waals surface area contributed by atoms with E-state index in [1.165, 1.54) is 0 Å². The van der Waals surface area contributed by atoms with Gasteiger partial charge in [-0.2, -0.15) is 0 Å². The third kappa shape index (κ3) is 4.66. The van der Waals surface area contributed by atoms with Crippen LogP contribution in [0, 0.1) is 11.8 Å². The number of nitrogens with one attached hydrogen (secondary N) is 2. The molecular formula is C13H20N2O3. The normalized spacial score (nSPS) is 16.5. The molecule has 0 aliphatic heterocycles. The fraction of sp³-hybridized carbons (Fsp3) is 0.692. The highest BCUT2D eigenvalue weighted by Gasteiger charge is 2.37. The third-order valence-corrected chi connectivity index (χ3v) is 3.14. The molecule has 0 heterocycles. The van der Waals surface area contributed by atoms with Crippen molar-refractivity contribution in [1.29, 1.82) is 0 Å². The number of amides is 2. The molecule has 0 aromatic heterocycles. The van der Waals surface area contributed by atoms with Crippen molar-refractivity contribution < 1.29 is 14.7 Å². The van der Waals surface area contributed by atoms with Crippen LogP contribution in [0.2, 0.25) is 0 Å². The summed E-state index contributed by atoms with van der Waals surface area (Å²) in [5.41, 5.74) is -0.563. The molecule has 3 N–H and O–H groups in total. The molecule has 1 saturated carbocycles. The largest absolute Gasteiger partial charge is 0.481 e. The first kappa shape index (κ1) is 14.4. The molecule has 0 saturated heterocycles. The zero-order valence-corrected chi connectivity index (χ0v) is 10.7. The third-order valence-electron chi connectivity index (χ3n) is 3.14. The molecule has 0 unspecified atom stereocenters. The molecule has 0 aromatic carbocycles. The van der Waals surface area contributed by atoms with Gasteiger partial charge in [0.25, 0.3) is 0 Å². The summed E-state index contributed by atoms with van der Waals surface area (Å²) in [6, 6.07) is -0.295. The topological polar surface area (TPSA) is 78.4 Å². The summed E-state index contributed by atoms with van der Waals surface area (Å²) in [6.07, 6.45) is 4.01. The van der Waals surface area contributed by atoms with Gasteiger partial charge < -0.3 is 15.7 Å². The van der Waals surface area contributed by atoms with Crippen LogP contribution in [0.4, 0.5) is 4.79 Å². The summed E-state index contributed by atoms with van der Waals surface area (Å²) in [4.78, 5) is 22.5. The molecule has 0 atom stereocenters. The van der Waals surface area contributed by atoms with Crippen molar-refractivity contribution >= 4 is 12.0 Å². The van der Waals surface area contributed by atoms with Crippen LogP contribution in [0.1, 0.15) is 45.4 Å². The highest BCUT2D eigenvalue weighted by Crippen LogP contribution is 2.32. The molecule has 0 bridgehead atoms. The van der Waals surface area contributed by atoms with Crippen molar-refractivity contribution in [2.75, 3.05) is 6.54 Å². The zero-order valence-electron chi connectivity index (χ0n) is 10.7. The van der Waals surface area contributed by atoms with E-state index in [0.717, 1.165) is 25.7 Å². The van der Waals surface area contributed by atoms with Crippen LogP contribution in [0.5, 0.6) is 0 Å². The van der Waals surface area contributed by atoms with Gasteiger partial charge in [-0.3, -0.25) is 4.79 Å². The molecule has 5 heteroatoms. The molecule has 5 nitrogen and oxygen atoms in total. The molecule has 1 rings (SSSR count). The predicted molar refractivity (Wildman–Crippen MR) is 68.1 cm³/mol. The summed E-state index contributed by atoms with van der Waals surface area (Å²) >= 11 is 0. The maximum Gasteiger partial charge on any atom is 0.315 e. The molecule has 1 fully saturated rings. The quantitative estimate of drug-likeness (QED) is 0.512. The summed E-state index contributed by atoms with van der Waals surface area (Å²) in [6.45, 7) is 2.23. The lowest BCUT2D eigenvalue weighted by atomic mass is 9.93. The van der Waals surface area contributed by atoms with E-state index in [2.05, 4.69) is 22.5 Å². The Hall–Kier alpha value is -1.70. The van der Waals surface area contributed by atoms with Gasteiger partial charge in [-0.15, -0.1) is 11.8 Å². The second kappa shape index (κ2) is 6.90. The van der Waals surface area contributed by atoms with Gasteiger partial charge in [0.1, 0.15) is 0 Å². The number of rotatable bonds is 5. The van der Waals surface area contributed by atoms with Gasteiger partial charge in [-0.1, -0.05) is 12.8 Å². The van der Waals surface area contributed by atoms with E-state index in [0.29, 0.717) is 13.0 Å². The highest BCUT2D eigenvalue weighted by molar-refractivity contribution is 5.76. The first-order valence-electron chi connectivity index (χ1n) is 6.25. The van der Waals surface area contributed by atoms with Gasteiger partial charge in [0, 0.05) is 13.0 Å². The molecule has 2 amide bonds. The van der Waals surface area contributed by atoms with E-state index in [4.69, 9.17) is 5.11 Å². The smallest absolute Gasteiger partial charge is 0.315 e. The Morgan fingerprint density at radius 1 is 1.33 bits per heavy atom. The summed E-state index contributed by atoms with van der Waals surface area (Å²) in [5, 5.41) is 14.4. The fourth-order valence-electron chi connectivity index (χ4n) is 2.34. The van der Waals surface area contributed by atoms with Gasteiger partial charge in [0.2, 0.25) is 0 Å². The molecule has 0 spiro atoms. The number of hydrogen-bond donors (Lipinski definition) is 3. The van der Waals surface area contributed by atoms with Crippen molar-refractivity contribution in [3.05, 3.63) is 0 Å². The zero-order chi connectivity index (χ0) is 13.4. The van der Waals surface area contributed by atoms with Crippen LogP contribution in [-0.4, -0.2) is 29.2 Å². The van der Waals surface area contributed by atoms with Crippen LogP contribution in [0.15, 0.2) is 0 Å². The fourth-order valence-corrected chi connectivity index (χ4v) is 2.34. The van der Waals surface area contributed by atoms with Gasteiger partial charge in [-0.25, -0.2) is 4.79 Å². The molecule has 100 valence electrons. The van der Waals surface area contributed by atoms with Gasteiger partial charge >= 0.3 is 12.0 Å². The predicted octanol–water partition coefficient (Wildman–Crippen LogP) is 1.49. The standard InChI is InChI=1S/C13H20N2O3/c1-2-3-6-9-14-12(18)15-13(10-11(16)17)7-4-5-8-13/h4-10H2,1H3,(H,16,17)(H2,14,15,18). The van der Waals surface area contributed by atoms with E-state index in [9.17, 15) is 9.59 Å². The van der Waals surface area contributed by atoms with Crippen LogP contribution >= 0.6 is 0 Å². The Kier molecular flexibility index (Phi) is 5.50. The lowest BCUT2D eigenvalue weighted by Crippen LogP contribution is -2.51. The van der Waals surface area contributed by atoms with Crippen LogP contribution in [0.25, 0.3) is 0 Å². The SMILES string of the molecule is CC#CCCNC(=O)NC1(CC(=O)O)CCCC1. The van der Waals surface area contributed by atoms with Crippen molar-refractivity contribution in [2.24, 2.45) is 0 Å². The minimum atomic E-state index is -0.867. The van der Waals surface area contributed by atoms with Gasteiger partial charge in [0.15, 0.2) is 0 Å². The van der Waals surface area contributed by atoms with E-state index in [-0.39, 0.29) is 12.5 Å². The average molecular weight is 252 g/mol. The maximum atomic E-state index is 11.7. The molecule has 1 aliphatic rings. The molecule has 0 aromatic rings. The molecule has 18 heavy (non-hydrogen) atoms. The van der Waals surface area contributed by atoms with Crippen molar-refractivity contribution in [2.45, 2.75) is 51.0 Å². The Labute approximate surface area is 107 Å². The Balaban J connectivity index is 2.42. The highest BCUT2D eigenvalue weighted by atomic mass is 16.4. The number of hydrogen-bond acceptors (Lipinski definition) is 2. The van der Waals surface area contributed by atoms with Crippen molar-refractivity contribution in [3.8, 4) is 11.8 Å². The molecular weight excluding hydrogens is 232 g/mol. The van der Waals surface area contributed by atoms with Gasteiger partial charge in [0.05, 0.1) is 12.0 Å². The Bertz CT molecular complexity index is 362. The first-order valence-corrected chi connectivity index (χ1v) is 6.25. The Morgan fingerprint density at radius 2 is 2.00 bits per heavy atom. The van der Waals surface area contributed by atoms with E-state index in [1.54, 1.807) is 6.92 Å². The van der Waals surface area contributed by atoms with Crippen molar-refractivity contribution in [3.63, 3.8) is 0 Å². The minimum Gasteiger partial charge on any atom is -0.481 e. The molecule has 1 aliphatic carbocycles. The van der Waals surface area contributed by atoms with Crippen LogP contribution in [-0.2, 0) is 4.79 Å². The van der Waals surface area contributed by atoms with Crippen LogP contribution < -0.4 is 10.6 Å². The molecule has 0 radical (unpaired) electrons. The number of carbonyl (C=O) groups excluding carboxylic acids is 1. The Morgan fingerprint density at radius 3 is 2.56 bits per heavy atom. The minimum absolute atomic E-state index is 0.00478. The maximum absolute atomic E-state index is 11.7. The lowest BCUT2D eigenvalue weighted by molar-refractivity contribution is -0.138. The van der Waals surface area contributed by atoms with E-state index < -0.39 is 11.5 Å². The second-order valence-corrected chi connectivity index (χ2v) is 4.62. The number of carboxylic acids is 1. The van der Waals surface area contributed by atoms with E-state index >= 15 is 0 Å². The monoisotopic (exact) mass is 252 g/mol. The van der Waals surface area contributed by atoms with E-state index in [1.807, 2.05) is 0 Å². The van der Waals surface area contributed by atoms with Crippen LogP contribution in [0.3, 0.4) is 0 Å². The van der Waals surface area contributed by atoms with Crippen molar-refractivity contribution in [1.82, 2.24) is 10.6 Å². The summed E-state index contributed by atoms with van der Waals surface area (Å²) < 4.78 is 0. The number of aliphatic carboxylic acids is 1. The summed E-state index contributed by atoms with van der Waals surface area (Å²) in [5.74, 6) is 4.73. The summed E-state index contributed by atoms with van der Waals surface area (Å²) in [7, 11) is 0. The average Bonchev–Trinajstić information content (AvgIpc) is 2.71. The lowest BCUT2D eigenvalue weighted by Gasteiger charge is -2.28. The number of carboxylic acid groups (broad SMARTS) is 1. The first-order chi connectivity index (χ1) is 8.58.